The minimum atomic E-state index is -0.229. The Morgan fingerprint density at radius 1 is 0.868 bits per heavy atom. The van der Waals surface area contributed by atoms with E-state index in [0.29, 0.717) is 18.4 Å². The van der Waals surface area contributed by atoms with Gasteiger partial charge in [0.15, 0.2) is 0 Å². The van der Waals surface area contributed by atoms with Crippen molar-refractivity contribution in [3.63, 3.8) is 0 Å². The summed E-state index contributed by atoms with van der Waals surface area (Å²) in [5.74, 6) is -0.0681. The maximum absolute atomic E-state index is 13.2. The number of aromatic hydroxyl groups is 1. The average molecular weight is 510 g/mol. The zero-order valence-electron chi connectivity index (χ0n) is 21.5. The summed E-state index contributed by atoms with van der Waals surface area (Å²) in [7, 11) is 0. The van der Waals surface area contributed by atoms with E-state index in [2.05, 4.69) is 36.2 Å². The summed E-state index contributed by atoms with van der Waals surface area (Å²) in [5, 5.41) is 28.9. The van der Waals surface area contributed by atoms with Gasteiger partial charge in [0.1, 0.15) is 5.75 Å². The molecule has 0 aliphatic carbocycles. The van der Waals surface area contributed by atoms with Crippen molar-refractivity contribution in [2.24, 2.45) is 11.7 Å². The van der Waals surface area contributed by atoms with Gasteiger partial charge in [-0.3, -0.25) is 10.2 Å². The number of rotatable bonds is 9. The second-order valence-electron chi connectivity index (χ2n) is 9.20. The standard InChI is InChI=1S/C31H31NO3.CH4N2/c1-22-6-5-9-24(18-22)19-28(21-33)30(20-23-7-3-2-4-8-23)32-31(35)27-12-10-25(11-13-27)26-14-16-29(34)17-15-26;2-1-3/h2-18,28,30,33-34H,19-21H2,1H3,(H,32,35);1H,(H3,2,3). The highest BCUT2D eigenvalue weighted by Gasteiger charge is 2.24. The van der Waals surface area contributed by atoms with Crippen molar-refractivity contribution in [3.8, 4) is 16.9 Å². The van der Waals surface area contributed by atoms with Gasteiger partial charge in [0.2, 0.25) is 0 Å². The van der Waals surface area contributed by atoms with Crippen LogP contribution >= 0.6 is 0 Å². The van der Waals surface area contributed by atoms with E-state index in [1.807, 2.05) is 72.8 Å². The molecular weight excluding hydrogens is 474 g/mol. The molecule has 0 aliphatic rings. The Kier molecular flexibility index (Phi) is 10.6. The van der Waals surface area contributed by atoms with Crippen LogP contribution in [-0.4, -0.2) is 35.1 Å². The fraction of sp³-hybridized carbons (Fsp3) is 0.188. The number of benzene rings is 4. The molecule has 6 N–H and O–H groups in total. The first-order valence-electron chi connectivity index (χ1n) is 12.5. The summed E-state index contributed by atoms with van der Waals surface area (Å²) >= 11 is 0. The Bertz CT molecular complexity index is 1290. The fourth-order valence-corrected chi connectivity index (χ4v) is 4.40. The lowest BCUT2D eigenvalue weighted by Gasteiger charge is -2.27. The number of carbonyl (C=O) groups is 1. The van der Waals surface area contributed by atoms with Gasteiger partial charge in [-0.15, -0.1) is 0 Å². The number of hydrogen-bond donors (Lipinski definition) is 5. The Morgan fingerprint density at radius 3 is 2.03 bits per heavy atom. The number of aliphatic hydroxyl groups excluding tert-OH is 1. The van der Waals surface area contributed by atoms with Gasteiger partial charge in [-0.25, -0.2) is 0 Å². The first-order valence-corrected chi connectivity index (χ1v) is 12.5. The molecule has 2 unspecified atom stereocenters. The molecule has 0 fully saturated rings. The first-order chi connectivity index (χ1) is 18.4. The molecule has 0 spiro atoms. The number of aryl methyl sites for hydroxylation is 1. The molecule has 0 aromatic heterocycles. The van der Waals surface area contributed by atoms with Crippen LogP contribution in [0.3, 0.4) is 0 Å². The largest absolute Gasteiger partial charge is 0.508 e. The molecule has 196 valence electrons. The molecule has 1 amide bonds. The van der Waals surface area contributed by atoms with E-state index in [1.165, 1.54) is 5.56 Å². The summed E-state index contributed by atoms with van der Waals surface area (Å²) in [6, 6.07) is 32.5. The van der Waals surface area contributed by atoms with E-state index in [-0.39, 0.29) is 30.2 Å². The van der Waals surface area contributed by atoms with Crippen molar-refractivity contribution in [3.05, 3.63) is 125 Å². The summed E-state index contributed by atoms with van der Waals surface area (Å²) in [4.78, 5) is 13.2. The van der Waals surface area contributed by atoms with Crippen molar-refractivity contribution < 1.29 is 15.0 Å². The third-order valence-electron chi connectivity index (χ3n) is 6.35. The Labute approximate surface area is 224 Å². The SMILES string of the molecule is Cc1cccc(CC(CO)C(Cc2ccccc2)NC(=O)c2ccc(-c3ccc(O)cc3)cc2)c1.N=CN. The van der Waals surface area contributed by atoms with Crippen LogP contribution in [0.15, 0.2) is 103 Å². The molecule has 0 aliphatic heterocycles. The van der Waals surface area contributed by atoms with Gasteiger partial charge < -0.3 is 21.3 Å². The Hall–Kier alpha value is -4.42. The lowest BCUT2D eigenvalue weighted by atomic mass is 9.88. The van der Waals surface area contributed by atoms with Crippen molar-refractivity contribution in [1.29, 1.82) is 5.41 Å². The van der Waals surface area contributed by atoms with Gasteiger partial charge in [0.05, 0.1) is 6.34 Å². The topological polar surface area (TPSA) is 119 Å². The summed E-state index contributed by atoms with van der Waals surface area (Å²) in [5.41, 5.74) is 10.3. The number of hydrogen-bond acceptors (Lipinski definition) is 4. The lowest BCUT2D eigenvalue weighted by Crippen LogP contribution is -2.44. The molecule has 0 radical (unpaired) electrons. The number of nitrogens with one attached hydrogen (secondary N) is 2. The number of amides is 1. The Balaban J connectivity index is 0.00000127. The molecular formula is C32H35N3O3. The van der Waals surface area contributed by atoms with Crippen LogP contribution in [0.25, 0.3) is 11.1 Å². The van der Waals surface area contributed by atoms with Crippen LogP contribution in [0, 0.1) is 18.3 Å². The third-order valence-corrected chi connectivity index (χ3v) is 6.35. The molecule has 6 heteroatoms. The minimum absolute atomic E-state index is 0.0223. The Morgan fingerprint density at radius 2 is 1.45 bits per heavy atom. The van der Waals surface area contributed by atoms with E-state index in [1.54, 1.807) is 12.1 Å². The molecule has 0 saturated heterocycles. The van der Waals surface area contributed by atoms with Crippen molar-refractivity contribution in [2.75, 3.05) is 6.61 Å². The molecule has 38 heavy (non-hydrogen) atoms. The maximum Gasteiger partial charge on any atom is 0.251 e. The van der Waals surface area contributed by atoms with Crippen LogP contribution in [0.4, 0.5) is 0 Å². The predicted molar refractivity (Wildman–Crippen MR) is 153 cm³/mol. The van der Waals surface area contributed by atoms with Gasteiger partial charge in [0, 0.05) is 24.1 Å². The van der Waals surface area contributed by atoms with Gasteiger partial charge in [-0.05, 0) is 66.3 Å². The highest BCUT2D eigenvalue weighted by Crippen LogP contribution is 2.23. The quantitative estimate of drug-likeness (QED) is 0.159. The second-order valence-corrected chi connectivity index (χ2v) is 9.20. The van der Waals surface area contributed by atoms with Gasteiger partial charge in [-0.1, -0.05) is 84.4 Å². The van der Waals surface area contributed by atoms with E-state index in [0.717, 1.165) is 28.6 Å². The smallest absolute Gasteiger partial charge is 0.251 e. The molecule has 0 heterocycles. The highest BCUT2D eigenvalue weighted by atomic mass is 16.3. The monoisotopic (exact) mass is 509 g/mol. The van der Waals surface area contributed by atoms with Crippen molar-refractivity contribution in [1.82, 2.24) is 5.32 Å². The summed E-state index contributed by atoms with van der Waals surface area (Å²) in [6.45, 7) is 2.04. The van der Waals surface area contributed by atoms with Crippen molar-refractivity contribution in [2.45, 2.75) is 25.8 Å². The zero-order chi connectivity index (χ0) is 27.3. The molecule has 2 atom stereocenters. The third kappa shape index (κ3) is 8.32. The van der Waals surface area contributed by atoms with E-state index in [9.17, 15) is 15.0 Å². The minimum Gasteiger partial charge on any atom is -0.508 e. The zero-order valence-corrected chi connectivity index (χ0v) is 21.5. The van der Waals surface area contributed by atoms with Gasteiger partial charge in [-0.2, -0.15) is 0 Å². The highest BCUT2D eigenvalue weighted by molar-refractivity contribution is 5.95. The van der Waals surface area contributed by atoms with Crippen LogP contribution in [0.2, 0.25) is 0 Å². The fourth-order valence-electron chi connectivity index (χ4n) is 4.40. The maximum atomic E-state index is 13.2. The number of carbonyl (C=O) groups excluding carboxylic acids is 1. The average Bonchev–Trinajstić information content (AvgIpc) is 2.93. The molecule has 0 bridgehead atoms. The van der Waals surface area contributed by atoms with Gasteiger partial charge in [0.25, 0.3) is 5.91 Å². The number of phenols is 1. The predicted octanol–water partition coefficient (Wildman–Crippen LogP) is 5.11. The van der Waals surface area contributed by atoms with Crippen LogP contribution < -0.4 is 11.1 Å². The van der Waals surface area contributed by atoms with E-state index in [4.69, 9.17) is 5.41 Å². The number of phenolic OH excluding ortho intramolecular Hbond substituents is 1. The second kappa shape index (κ2) is 14.4. The number of nitrogens with two attached hydrogens (primary N) is 1. The molecule has 6 nitrogen and oxygen atoms in total. The van der Waals surface area contributed by atoms with Crippen LogP contribution in [-0.2, 0) is 12.8 Å². The van der Waals surface area contributed by atoms with Crippen molar-refractivity contribution >= 4 is 12.2 Å². The summed E-state index contributed by atoms with van der Waals surface area (Å²) in [6.07, 6.45) is 2.06. The van der Waals surface area contributed by atoms with Gasteiger partial charge >= 0.3 is 0 Å². The van der Waals surface area contributed by atoms with E-state index >= 15 is 0 Å². The molecule has 4 rings (SSSR count). The lowest BCUT2D eigenvalue weighted by molar-refractivity contribution is 0.0903. The molecule has 0 saturated carbocycles. The normalized spacial score (nSPS) is 11.9. The van der Waals surface area contributed by atoms with E-state index < -0.39 is 0 Å². The molecule has 4 aromatic rings. The number of aliphatic hydroxyl groups is 1. The van der Waals surface area contributed by atoms with Crippen LogP contribution in [0.5, 0.6) is 5.75 Å². The van der Waals surface area contributed by atoms with Crippen LogP contribution in [0.1, 0.15) is 27.0 Å². The summed E-state index contributed by atoms with van der Waals surface area (Å²) < 4.78 is 0. The first kappa shape index (κ1) is 28.2. The molecule has 4 aromatic carbocycles.